The zero-order chi connectivity index (χ0) is 24.5. The molecular formula is C24H28N4O5S. The van der Waals surface area contributed by atoms with Gasteiger partial charge in [0.25, 0.3) is 11.1 Å². The highest BCUT2D eigenvalue weighted by molar-refractivity contribution is 7.89. The van der Waals surface area contributed by atoms with Crippen molar-refractivity contribution in [2.45, 2.75) is 63.1 Å². The van der Waals surface area contributed by atoms with Crippen LogP contribution in [0, 0.1) is 0 Å². The van der Waals surface area contributed by atoms with Gasteiger partial charge >= 0.3 is 0 Å². The van der Waals surface area contributed by atoms with Gasteiger partial charge in [-0.3, -0.25) is 19.5 Å². The molecule has 1 aromatic heterocycles. The summed E-state index contributed by atoms with van der Waals surface area (Å²) in [7, 11) is -3.63. The van der Waals surface area contributed by atoms with E-state index >= 15 is 0 Å². The van der Waals surface area contributed by atoms with Crippen LogP contribution >= 0.6 is 0 Å². The number of piperidine rings is 1. The van der Waals surface area contributed by atoms with Crippen LogP contribution in [0.1, 0.15) is 39.5 Å². The number of fused-ring (bicyclic) bond motifs is 1. The lowest BCUT2D eigenvalue weighted by molar-refractivity contribution is -0.116. The number of nitrogens with one attached hydrogen (secondary N) is 2. The molecule has 2 unspecified atom stereocenters. The number of carbonyl (C=O) groups is 1. The first-order valence-electron chi connectivity index (χ1n) is 11.3. The number of anilines is 1. The van der Waals surface area contributed by atoms with Crippen molar-refractivity contribution in [3.05, 3.63) is 69.2 Å². The normalized spacial score (nSPS) is 19.2. The predicted molar refractivity (Wildman–Crippen MR) is 130 cm³/mol. The van der Waals surface area contributed by atoms with Crippen molar-refractivity contribution in [1.29, 1.82) is 0 Å². The molecule has 1 aliphatic heterocycles. The van der Waals surface area contributed by atoms with Crippen molar-refractivity contribution in [1.82, 2.24) is 14.1 Å². The van der Waals surface area contributed by atoms with Crippen molar-refractivity contribution in [2.75, 3.05) is 5.32 Å². The van der Waals surface area contributed by atoms with Gasteiger partial charge in [-0.15, -0.1) is 0 Å². The van der Waals surface area contributed by atoms with E-state index in [1.165, 1.54) is 12.1 Å². The molecule has 2 atom stereocenters. The Morgan fingerprint density at radius 1 is 1.00 bits per heavy atom. The van der Waals surface area contributed by atoms with Gasteiger partial charge in [0.1, 0.15) is 0 Å². The van der Waals surface area contributed by atoms with E-state index < -0.39 is 15.6 Å². The van der Waals surface area contributed by atoms with Crippen molar-refractivity contribution in [3.63, 3.8) is 0 Å². The molecule has 10 heteroatoms. The second-order valence-corrected chi connectivity index (χ2v) is 10.6. The number of nitrogens with zero attached hydrogens (tertiary/aromatic N) is 2. The predicted octanol–water partition coefficient (Wildman–Crippen LogP) is 2.67. The molecule has 0 radical (unpaired) electrons. The lowest BCUT2D eigenvalue weighted by Crippen LogP contribution is -2.47. The Morgan fingerprint density at radius 2 is 1.62 bits per heavy atom. The quantitative estimate of drug-likeness (QED) is 0.557. The molecule has 0 bridgehead atoms. The van der Waals surface area contributed by atoms with Crippen molar-refractivity contribution >= 4 is 32.4 Å². The Hall–Kier alpha value is -3.24. The van der Waals surface area contributed by atoms with Gasteiger partial charge in [0, 0.05) is 24.2 Å². The molecule has 0 aliphatic carbocycles. The van der Waals surface area contributed by atoms with Crippen LogP contribution in [-0.2, 0) is 21.4 Å². The molecule has 1 fully saturated rings. The molecule has 2 heterocycles. The molecule has 2 aromatic carbocycles. The van der Waals surface area contributed by atoms with Crippen LogP contribution in [0.15, 0.2) is 63.0 Å². The topological polar surface area (TPSA) is 121 Å². The van der Waals surface area contributed by atoms with Gasteiger partial charge in [0.2, 0.25) is 15.9 Å². The Balaban J connectivity index is 1.43. The van der Waals surface area contributed by atoms with Gasteiger partial charge in [0.05, 0.1) is 22.2 Å². The van der Waals surface area contributed by atoms with E-state index in [0.717, 1.165) is 23.9 Å². The summed E-state index contributed by atoms with van der Waals surface area (Å²) in [5.74, 6) is -0.366. The first-order valence-corrected chi connectivity index (χ1v) is 12.8. The molecule has 4 rings (SSSR count). The molecule has 0 saturated carbocycles. The molecule has 0 spiro atoms. The van der Waals surface area contributed by atoms with Gasteiger partial charge in [-0.25, -0.2) is 13.1 Å². The van der Waals surface area contributed by atoms with Gasteiger partial charge in [0.15, 0.2) is 0 Å². The summed E-state index contributed by atoms with van der Waals surface area (Å²) in [6, 6.07) is 12.5. The van der Waals surface area contributed by atoms with Crippen molar-refractivity contribution in [2.24, 2.45) is 0 Å². The molecule has 180 valence electrons. The smallest absolute Gasteiger partial charge is 0.273 e. The number of aryl methyl sites for hydroxylation is 1. The van der Waals surface area contributed by atoms with Crippen LogP contribution in [0.3, 0.4) is 0 Å². The summed E-state index contributed by atoms with van der Waals surface area (Å²) in [5.41, 5.74) is -0.327. The van der Waals surface area contributed by atoms with Gasteiger partial charge in [-0.1, -0.05) is 18.6 Å². The van der Waals surface area contributed by atoms with E-state index in [-0.39, 0.29) is 41.4 Å². The number of hydrogen-bond acceptors (Lipinski definition) is 5. The van der Waals surface area contributed by atoms with E-state index in [2.05, 4.69) is 10.4 Å². The molecule has 1 amide bonds. The summed E-state index contributed by atoms with van der Waals surface area (Å²) < 4.78 is 29.0. The number of rotatable bonds is 6. The second-order valence-electron chi connectivity index (χ2n) is 8.73. The minimum absolute atomic E-state index is 0.00193. The first kappa shape index (κ1) is 23.9. The van der Waals surface area contributed by atoms with E-state index in [9.17, 15) is 22.8 Å². The number of H-pyrrole nitrogens is 1. The fourth-order valence-corrected chi connectivity index (χ4v) is 6.43. The fraction of sp³-hybridized carbons (Fsp3) is 0.375. The molecular weight excluding hydrogens is 456 g/mol. The number of amides is 1. The maximum Gasteiger partial charge on any atom is 0.273 e. The minimum atomic E-state index is -3.63. The van der Waals surface area contributed by atoms with Crippen molar-refractivity contribution < 1.29 is 13.2 Å². The Morgan fingerprint density at radius 3 is 2.26 bits per heavy atom. The largest absolute Gasteiger partial charge is 0.326 e. The van der Waals surface area contributed by atoms with Gasteiger partial charge in [-0.2, -0.15) is 4.31 Å². The van der Waals surface area contributed by atoms with E-state index in [0.29, 0.717) is 16.5 Å². The average Bonchev–Trinajstić information content (AvgIpc) is 2.80. The molecule has 1 saturated heterocycles. The van der Waals surface area contributed by atoms with Gasteiger partial charge in [-0.05, 0) is 63.1 Å². The maximum absolute atomic E-state index is 13.1. The molecule has 2 N–H and O–H groups in total. The lowest BCUT2D eigenvalue weighted by atomic mass is 10.0. The highest BCUT2D eigenvalue weighted by atomic mass is 32.2. The minimum Gasteiger partial charge on any atom is -0.326 e. The van der Waals surface area contributed by atoms with Crippen LogP contribution in [0.5, 0.6) is 0 Å². The third kappa shape index (κ3) is 4.69. The average molecular weight is 485 g/mol. The zero-order valence-corrected chi connectivity index (χ0v) is 20.0. The number of sulfonamides is 1. The Bertz CT molecular complexity index is 1420. The maximum atomic E-state index is 13.1. The highest BCUT2D eigenvalue weighted by Crippen LogP contribution is 2.29. The second kappa shape index (κ2) is 9.55. The SMILES string of the molecule is CC1CCCC(C)N1S(=O)(=O)c1ccc(NC(=O)CCn2[nH]c(=O)c3ccccc3c2=O)cc1. The van der Waals surface area contributed by atoms with Crippen LogP contribution in [0.2, 0.25) is 0 Å². The number of aromatic nitrogens is 2. The number of carbonyl (C=O) groups excluding carboxylic acids is 1. The third-order valence-electron chi connectivity index (χ3n) is 6.27. The number of aromatic amines is 1. The van der Waals surface area contributed by atoms with E-state index in [1.807, 2.05) is 13.8 Å². The summed E-state index contributed by atoms with van der Waals surface area (Å²) in [4.78, 5) is 37.3. The van der Waals surface area contributed by atoms with Crippen LogP contribution < -0.4 is 16.4 Å². The first-order chi connectivity index (χ1) is 16.2. The van der Waals surface area contributed by atoms with Crippen LogP contribution in [-0.4, -0.2) is 40.5 Å². The number of hydrogen-bond donors (Lipinski definition) is 2. The van der Waals surface area contributed by atoms with E-state index in [1.54, 1.807) is 40.7 Å². The van der Waals surface area contributed by atoms with Gasteiger partial charge < -0.3 is 5.32 Å². The van der Waals surface area contributed by atoms with Crippen molar-refractivity contribution in [3.8, 4) is 0 Å². The monoisotopic (exact) mass is 484 g/mol. The number of benzene rings is 2. The Kier molecular flexibility index (Phi) is 6.72. The van der Waals surface area contributed by atoms with E-state index in [4.69, 9.17) is 0 Å². The summed E-state index contributed by atoms with van der Waals surface area (Å²) in [6.45, 7) is 3.85. The zero-order valence-electron chi connectivity index (χ0n) is 19.2. The summed E-state index contributed by atoms with van der Waals surface area (Å²) in [5, 5.41) is 5.80. The Labute approximate surface area is 197 Å². The standard InChI is InChI=1S/C24H28N4O5S/c1-16-6-5-7-17(2)28(16)34(32,33)19-12-10-18(11-13-19)25-22(29)14-15-27-24(31)21-9-4-3-8-20(21)23(30)26-27/h3-4,8-13,16-17H,5-7,14-15H2,1-2H3,(H,25,29)(H,26,30). The molecule has 34 heavy (non-hydrogen) atoms. The van der Waals surface area contributed by atoms with Crippen LogP contribution in [0.4, 0.5) is 5.69 Å². The summed E-state index contributed by atoms with van der Waals surface area (Å²) >= 11 is 0. The lowest BCUT2D eigenvalue weighted by Gasteiger charge is -2.37. The third-order valence-corrected chi connectivity index (χ3v) is 8.42. The highest BCUT2D eigenvalue weighted by Gasteiger charge is 2.35. The molecule has 9 nitrogen and oxygen atoms in total. The molecule has 3 aromatic rings. The molecule has 1 aliphatic rings. The summed E-state index contributed by atoms with van der Waals surface area (Å²) in [6.07, 6.45) is 2.64. The van der Waals surface area contributed by atoms with Crippen LogP contribution in [0.25, 0.3) is 10.8 Å². The fourth-order valence-electron chi connectivity index (χ4n) is 4.54.